The molecule has 2 aromatic heterocycles. The lowest BCUT2D eigenvalue weighted by Gasteiger charge is -2.06. The number of fused-ring (bicyclic) bond motifs is 1. The first-order valence-corrected chi connectivity index (χ1v) is 8.53. The number of aromatic nitrogens is 2. The van der Waals surface area contributed by atoms with Crippen LogP contribution in [0.15, 0.2) is 42.6 Å². The fourth-order valence-corrected chi connectivity index (χ4v) is 2.61. The fraction of sp³-hybridized carbons (Fsp3) is 0.211. The van der Waals surface area contributed by atoms with Crippen LogP contribution in [0, 0.1) is 11.6 Å². The standard InChI is InChI=1S/C19H18F2N4O2/c1-2-3-10-22-19(27)17-23-16(14-9-4-5-11-25(14)17)18(26)24-15-12(20)7-6-8-13(15)21/h4-9,11H,2-3,10H2,1H3,(H,22,27)(H,24,26). The predicted octanol–water partition coefficient (Wildman–Crippen LogP) is 3.39. The van der Waals surface area contributed by atoms with Gasteiger partial charge >= 0.3 is 0 Å². The Kier molecular flexibility index (Phi) is 5.44. The number of amides is 2. The van der Waals surface area contributed by atoms with Crippen LogP contribution in [0.5, 0.6) is 0 Å². The Morgan fingerprint density at radius 1 is 1.07 bits per heavy atom. The fourth-order valence-electron chi connectivity index (χ4n) is 2.61. The lowest BCUT2D eigenvalue weighted by Crippen LogP contribution is -2.26. The highest BCUT2D eigenvalue weighted by atomic mass is 19.1. The molecule has 0 aliphatic carbocycles. The molecule has 2 amide bonds. The molecule has 6 nitrogen and oxygen atoms in total. The van der Waals surface area contributed by atoms with Gasteiger partial charge in [0.2, 0.25) is 5.82 Å². The number of halogens is 2. The number of imidazole rings is 1. The van der Waals surface area contributed by atoms with Crippen LogP contribution in [0.3, 0.4) is 0 Å². The van der Waals surface area contributed by atoms with E-state index in [4.69, 9.17) is 0 Å². The molecule has 0 saturated heterocycles. The highest BCUT2D eigenvalue weighted by Crippen LogP contribution is 2.20. The molecule has 0 spiro atoms. The molecule has 0 atom stereocenters. The van der Waals surface area contributed by atoms with Gasteiger partial charge in [-0.15, -0.1) is 0 Å². The van der Waals surface area contributed by atoms with E-state index in [1.54, 1.807) is 24.4 Å². The second kappa shape index (κ2) is 7.94. The van der Waals surface area contributed by atoms with Gasteiger partial charge in [0.25, 0.3) is 11.8 Å². The minimum absolute atomic E-state index is 0.0286. The Hall–Kier alpha value is -3.29. The number of para-hydroxylation sites is 1. The van der Waals surface area contributed by atoms with Crippen molar-refractivity contribution in [3.63, 3.8) is 0 Å². The van der Waals surface area contributed by atoms with Gasteiger partial charge in [0.1, 0.15) is 17.3 Å². The van der Waals surface area contributed by atoms with E-state index >= 15 is 0 Å². The molecule has 2 N–H and O–H groups in total. The van der Waals surface area contributed by atoms with Crippen LogP contribution in [0.1, 0.15) is 40.9 Å². The van der Waals surface area contributed by atoms with Gasteiger partial charge in [-0.2, -0.15) is 0 Å². The van der Waals surface area contributed by atoms with Crippen molar-refractivity contribution in [2.45, 2.75) is 19.8 Å². The van der Waals surface area contributed by atoms with Crippen molar-refractivity contribution in [1.29, 1.82) is 0 Å². The molecule has 3 aromatic rings. The Balaban J connectivity index is 1.95. The summed E-state index contributed by atoms with van der Waals surface area (Å²) in [5.74, 6) is -3.01. The second-order valence-corrected chi connectivity index (χ2v) is 5.90. The third-order valence-corrected chi connectivity index (χ3v) is 3.98. The summed E-state index contributed by atoms with van der Waals surface area (Å²) in [7, 11) is 0. The van der Waals surface area contributed by atoms with E-state index in [1.165, 1.54) is 10.5 Å². The third kappa shape index (κ3) is 3.79. The van der Waals surface area contributed by atoms with Crippen molar-refractivity contribution < 1.29 is 18.4 Å². The highest BCUT2D eigenvalue weighted by Gasteiger charge is 2.22. The van der Waals surface area contributed by atoms with E-state index in [1.807, 2.05) is 6.92 Å². The van der Waals surface area contributed by atoms with E-state index < -0.39 is 29.1 Å². The van der Waals surface area contributed by atoms with Gasteiger partial charge in [-0.3, -0.25) is 14.0 Å². The zero-order chi connectivity index (χ0) is 19.4. The van der Waals surface area contributed by atoms with E-state index in [0.717, 1.165) is 25.0 Å². The van der Waals surface area contributed by atoms with Crippen molar-refractivity contribution in [3.05, 3.63) is 65.7 Å². The SMILES string of the molecule is CCCCNC(=O)c1nc(C(=O)Nc2c(F)cccc2F)c2ccccn12. The van der Waals surface area contributed by atoms with Crippen molar-refractivity contribution in [2.24, 2.45) is 0 Å². The normalized spacial score (nSPS) is 10.8. The number of rotatable bonds is 6. The molecule has 0 saturated carbocycles. The molecule has 3 rings (SSSR count). The summed E-state index contributed by atoms with van der Waals surface area (Å²) in [5.41, 5.74) is -0.306. The molecule has 1 aromatic carbocycles. The van der Waals surface area contributed by atoms with Crippen LogP contribution in [0.4, 0.5) is 14.5 Å². The molecule has 2 heterocycles. The molecule has 0 unspecified atom stereocenters. The van der Waals surface area contributed by atoms with Crippen LogP contribution in [-0.4, -0.2) is 27.7 Å². The summed E-state index contributed by atoms with van der Waals surface area (Å²) in [4.78, 5) is 29.1. The molecule has 27 heavy (non-hydrogen) atoms. The number of carbonyl (C=O) groups excluding carboxylic acids is 2. The maximum atomic E-state index is 13.8. The monoisotopic (exact) mass is 372 g/mol. The topological polar surface area (TPSA) is 75.5 Å². The Morgan fingerprint density at radius 2 is 1.81 bits per heavy atom. The van der Waals surface area contributed by atoms with Crippen molar-refractivity contribution in [1.82, 2.24) is 14.7 Å². The van der Waals surface area contributed by atoms with Gasteiger partial charge in [0.15, 0.2) is 5.69 Å². The first-order chi connectivity index (χ1) is 13.0. The lowest BCUT2D eigenvalue weighted by molar-refractivity contribution is 0.0942. The van der Waals surface area contributed by atoms with E-state index in [9.17, 15) is 18.4 Å². The van der Waals surface area contributed by atoms with Crippen LogP contribution in [0.25, 0.3) is 5.52 Å². The largest absolute Gasteiger partial charge is 0.349 e. The average molecular weight is 372 g/mol. The molecule has 8 heteroatoms. The first-order valence-electron chi connectivity index (χ1n) is 8.53. The second-order valence-electron chi connectivity index (χ2n) is 5.90. The van der Waals surface area contributed by atoms with Crippen molar-refractivity contribution >= 4 is 23.0 Å². The zero-order valence-electron chi connectivity index (χ0n) is 14.6. The Bertz CT molecular complexity index is 980. The maximum absolute atomic E-state index is 13.8. The number of hydrogen-bond donors (Lipinski definition) is 2. The molecular weight excluding hydrogens is 354 g/mol. The summed E-state index contributed by atoms with van der Waals surface area (Å²) < 4.78 is 29.1. The maximum Gasteiger partial charge on any atom is 0.287 e. The van der Waals surface area contributed by atoms with Gasteiger partial charge < -0.3 is 10.6 Å². The number of benzene rings is 1. The molecule has 0 bridgehead atoms. The minimum Gasteiger partial charge on any atom is -0.349 e. The van der Waals surface area contributed by atoms with Crippen molar-refractivity contribution in [2.75, 3.05) is 11.9 Å². The minimum atomic E-state index is -0.899. The third-order valence-electron chi connectivity index (χ3n) is 3.98. The summed E-state index contributed by atoms with van der Waals surface area (Å²) in [6.07, 6.45) is 3.33. The van der Waals surface area contributed by atoms with Crippen LogP contribution < -0.4 is 10.6 Å². The summed E-state index contributed by atoms with van der Waals surface area (Å²) in [6.45, 7) is 2.49. The number of pyridine rings is 1. The van der Waals surface area contributed by atoms with Gasteiger partial charge in [-0.25, -0.2) is 13.8 Å². The quantitative estimate of drug-likeness (QED) is 0.651. The number of nitrogens with one attached hydrogen (secondary N) is 2. The molecule has 0 fully saturated rings. The van der Waals surface area contributed by atoms with E-state index in [-0.39, 0.29) is 11.5 Å². The molecule has 0 radical (unpaired) electrons. The lowest BCUT2D eigenvalue weighted by atomic mass is 10.2. The average Bonchev–Trinajstić information content (AvgIpc) is 3.05. The Morgan fingerprint density at radius 3 is 2.52 bits per heavy atom. The van der Waals surface area contributed by atoms with Gasteiger partial charge in [-0.1, -0.05) is 25.5 Å². The Labute approximate surface area is 154 Å². The summed E-state index contributed by atoms with van der Waals surface area (Å²) in [5, 5.41) is 4.93. The molecular formula is C19H18F2N4O2. The highest BCUT2D eigenvalue weighted by molar-refractivity contribution is 6.09. The zero-order valence-corrected chi connectivity index (χ0v) is 14.6. The molecule has 0 aliphatic heterocycles. The van der Waals surface area contributed by atoms with Gasteiger partial charge in [-0.05, 0) is 30.7 Å². The van der Waals surface area contributed by atoms with Crippen LogP contribution >= 0.6 is 0 Å². The number of carbonyl (C=O) groups is 2. The van der Waals surface area contributed by atoms with Crippen LogP contribution in [-0.2, 0) is 0 Å². The number of hydrogen-bond acceptors (Lipinski definition) is 3. The molecule has 140 valence electrons. The first kappa shape index (κ1) is 18.5. The van der Waals surface area contributed by atoms with E-state index in [2.05, 4.69) is 15.6 Å². The van der Waals surface area contributed by atoms with E-state index in [0.29, 0.717) is 12.1 Å². The number of nitrogens with zero attached hydrogens (tertiary/aromatic N) is 2. The summed E-state index contributed by atoms with van der Waals surface area (Å²) in [6, 6.07) is 8.24. The van der Waals surface area contributed by atoms with Crippen LogP contribution in [0.2, 0.25) is 0 Å². The smallest absolute Gasteiger partial charge is 0.287 e. The number of anilines is 1. The predicted molar refractivity (Wildman–Crippen MR) is 96.7 cm³/mol. The number of unbranched alkanes of at least 4 members (excludes halogenated alkanes) is 1. The van der Waals surface area contributed by atoms with Gasteiger partial charge in [0, 0.05) is 12.7 Å². The van der Waals surface area contributed by atoms with Crippen molar-refractivity contribution in [3.8, 4) is 0 Å². The van der Waals surface area contributed by atoms with Gasteiger partial charge in [0.05, 0.1) is 5.52 Å². The molecule has 0 aliphatic rings. The summed E-state index contributed by atoms with van der Waals surface area (Å²) >= 11 is 0.